The van der Waals surface area contributed by atoms with Gasteiger partial charge in [0.25, 0.3) is 5.91 Å². The molecule has 1 amide bonds. The number of nitrogens with one attached hydrogen (secondary N) is 2. The molecule has 1 aliphatic heterocycles. The van der Waals surface area contributed by atoms with Crippen LogP contribution in [0, 0.1) is 0 Å². The Balaban J connectivity index is 1.44. The van der Waals surface area contributed by atoms with Crippen LogP contribution in [0.2, 0.25) is 0 Å². The molecule has 6 nitrogen and oxygen atoms in total. The quantitative estimate of drug-likeness (QED) is 0.731. The number of hydrogen-bond donors (Lipinski definition) is 2. The van der Waals surface area contributed by atoms with Gasteiger partial charge in [-0.2, -0.15) is 4.98 Å². The first-order chi connectivity index (χ1) is 12.3. The number of carbonyl (C=O) groups is 1. The maximum absolute atomic E-state index is 12.4. The zero-order valence-corrected chi connectivity index (χ0v) is 14.8. The molecule has 0 unspecified atom stereocenters. The van der Waals surface area contributed by atoms with Gasteiger partial charge in [0, 0.05) is 23.3 Å². The lowest BCUT2D eigenvalue weighted by Gasteiger charge is -2.08. The summed E-state index contributed by atoms with van der Waals surface area (Å²) in [6, 6.07) is 13.2. The summed E-state index contributed by atoms with van der Waals surface area (Å²) in [6.45, 7) is 0. The van der Waals surface area contributed by atoms with E-state index in [1.165, 1.54) is 17.1 Å². The second-order valence-electron chi connectivity index (χ2n) is 5.37. The van der Waals surface area contributed by atoms with Gasteiger partial charge in [-0.1, -0.05) is 18.2 Å². The highest BCUT2D eigenvalue weighted by molar-refractivity contribution is 8.19. The number of thioether (sulfide) groups is 2. The third-order valence-electron chi connectivity index (χ3n) is 3.69. The van der Waals surface area contributed by atoms with Crippen LogP contribution in [0.5, 0.6) is 0 Å². The largest absolute Gasteiger partial charge is 0.289 e. The number of pyridine rings is 1. The topological polar surface area (TPSA) is 83.6 Å². The minimum Gasteiger partial charge on any atom is -0.289 e. The molecule has 0 atom stereocenters. The molecule has 4 rings (SSSR count). The highest BCUT2D eigenvalue weighted by Crippen LogP contribution is 2.45. The monoisotopic (exact) mass is 369 g/mol. The van der Waals surface area contributed by atoms with Crippen LogP contribution in [-0.4, -0.2) is 37.6 Å². The number of H-pyrrole nitrogens is 1. The molecule has 1 saturated heterocycles. The molecule has 25 heavy (non-hydrogen) atoms. The van der Waals surface area contributed by atoms with Crippen molar-refractivity contribution in [3.05, 3.63) is 59.8 Å². The standard InChI is InChI=1S/C17H15N5OS2/c23-15(11-4-6-12(7-5-11)16-24-9-10-25-16)20-17-19-14(21-22-17)13-3-1-2-8-18-13/h1-8,16H,9-10H2,(H2,19,20,21,22,23). The minimum absolute atomic E-state index is 0.232. The lowest BCUT2D eigenvalue weighted by molar-refractivity contribution is 0.102. The number of aromatic amines is 1. The number of rotatable bonds is 4. The van der Waals surface area contributed by atoms with Crippen LogP contribution >= 0.6 is 23.5 Å². The molecular weight excluding hydrogens is 354 g/mol. The molecule has 0 bridgehead atoms. The van der Waals surface area contributed by atoms with Crippen LogP contribution in [0.25, 0.3) is 11.5 Å². The number of amides is 1. The molecule has 3 aromatic rings. The highest BCUT2D eigenvalue weighted by Gasteiger charge is 2.18. The second kappa shape index (κ2) is 7.28. The summed E-state index contributed by atoms with van der Waals surface area (Å²) in [6.07, 6.45) is 1.68. The van der Waals surface area contributed by atoms with E-state index in [0.29, 0.717) is 21.7 Å². The maximum atomic E-state index is 12.4. The first kappa shape index (κ1) is 16.2. The van der Waals surface area contributed by atoms with Crippen LogP contribution in [-0.2, 0) is 0 Å². The number of anilines is 1. The summed E-state index contributed by atoms with van der Waals surface area (Å²) in [5, 5.41) is 9.51. The molecule has 0 aliphatic carbocycles. The van der Waals surface area contributed by atoms with Gasteiger partial charge in [0.2, 0.25) is 5.95 Å². The van der Waals surface area contributed by atoms with Crippen molar-refractivity contribution in [1.82, 2.24) is 20.2 Å². The van der Waals surface area contributed by atoms with Crippen LogP contribution in [0.15, 0.2) is 48.7 Å². The first-order valence-electron chi connectivity index (χ1n) is 7.78. The fourth-order valence-electron chi connectivity index (χ4n) is 2.45. The predicted molar refractivity (Wildman–Crippen MR) is 102 cm³/mol. The van der Waals surface area contributed by atoms with Crippen molar-refractivity contribution in [2.24, 2.45) is 0 Å². The fourth-order valence-corrected chi connectivity index (χ4v) is 5.31. The molecule has 0 spiro atoms. The van der Waals surface area contributed by atoms with Crippen LogP contribution in [0.4, 0.5) is 5.95 Å². The Morgan fingerprint density at radius 3 is 2.64 bits per heavy atom. The summed E-state index contributed by atoms with van der Waals surface area (Å²) in [5.41, 5.74) is 2.51. The highest BCUT2D eigenvalue weighted by atomic mass is 32.2. The van der Waals surface area contributed by atoms with E-state index in [2.05, 4.69) is 25.5 Å². The van der Waals surface area contributed by atoms with Gasteiger partial charge in [-0.05, 0) is 29.8 Å². The molecule has 8 heteroatoms. The molecular formula is C17H15N5OS2. The van der Waals surface area contributed by atoms with Crippen LogP contribution in [0.1, 0.15) is 20.5 Å². The third-order valence-corrected chi connectivity index (χ3v) is 6.79. The number of carbonyl (C=O) groups excluding carboxylic acids is 1. The zero-order chi connectivity index (χ0) is 17.1. The first-order valence-corrected chi connectivity index (χ1v) is 9.88. The molecule has 1 aromatic carbocycles. The van der Waals surface area contributed by atoms with Gasteiger partial charge in [0.15, 0.2) is 5.82 Å². The van der Waals surface area contributed by atoms with Crippen molar-refractivity contribution in [2.45, 2.75) is 4.58 Å². The Morgan fingerprint density at radius 1 is 1.12 bits per heavy atom. The van der Waals surface area contributed by atoms with Gasteiger partial charge < -0.3 is 0 Å². The Bertz CT molecular complexity index is 860. The summed E-state index contributed by atoms with van der Waals surface area (Å²) in [5.74, 6) is 2.88. The Morgan fingerprint density at radius 2 is 1.92 bits per heavy atom. The number of hydrogen-bond acceptors (Lipinski definition) is 6. The molecule has 1 fully saturated rings. The van der Waals surface area contributed by atoms with E-state index in [9.17, 15) is 4.79 Å². The van der Waals surface area contributed by atoms with E-state index >= 15 is 0 Å². The van der Waals surface area contributed by atoms with E-state index in [-0.39, 0.29) is 11.9 Å². The van der Waals surface area contributed by atoms with Gasteiger partial charge in [-0.3, -0.25) is 20.2 Å². The average Bonchev–Trinajstić information content (AvgIpc) is 3.35. The molecule has 3 heterocycles. The van der Waals surface area contributed by atoms with Crippen molar-refractivity contribution in [3.63, 3.8) is 0 Å². The second-order valence-corrected chi connectivity index (χ2v) is 8.10. The van der Waals surface area contributed by atoms with Gasteiger partial charge in [-0.15, -0.1) is 28.6 Å². The predicted octanol–water partition coefficient (Wildman–Crippen LogP) is 3.60. The van der Waals surface area contributed by atoms with Crippen molar-refractivity contribution in [2.75, 3.05) is 16.8 Å². The number of nitrogens with zero attached hydrogens (tertiary/aromatic N) is 3. The zero-order valence-electron chi connectivity index (χ0n) is 13.2. The normalized spacial score (nSPS) is 14.6. The van der Waals surface area contributed by atoms with Crippen molar-refractivity contribution >= 4 is 35.4 Å². The summed E-state index contributed by atoms with van der Waals surface area (Å²) >= 11 is 3.89. The molecule has 2 N–H and O–H groups in total. The molecule has 0 saturated carbocycles. The smallest absolute Gasteiger partial charge is 0.258 e. The number of aromatic nitrogens is 4. The average molecular weight is 369 g/mol. The number of benzene rings is 1. The summed E-state index contributed by atoms with van der Waals surface area (Å²) in [7, 11) is 0. The molecule has 126 valence electrons. The van der Waals surface area contributed by atoms with Crippen LogP contribution < -0.4 is 5.32 Å². The van der Waals surface area contributed by atoms with Gasteiger partial charge in [0.1, 0.15) is 5.69 Å². The molecule has 0 radical (unpaired) electrons. The maximum Gasteiger partial charge on any atom is 0.258 e. The van der Waals surface area contributed by atoms with E-state index in [1.807, 2.05) is 66.0 Å². The van der Waals surface area contributed by atoms with E-state index < -0.39 is 0 Å². The van der Waals surface area contributed by atoms with Crippen molar-refractivity contribution in [1.29, 1.82) is 0 Å². The Hall–Kier alpha value is -2.32. The lowest BCUT2D eigenvalue weighted by atomic mass is 10.1. The van der Waals surface area contributed by atoms with Crippen LogP contribution in [0.3, 0.4) is 0 Å². The van der Waals surface area contributed by atoms with Gasteiger partial charge >= 0.3 is 0 Å². The fraction of sp³-hybridized carbons (Fsp3) is 0.176. The van der Waals surface area contributed by atoms with E-state index in [4.69, 9.17) is 0 Å². The summed E-state index contributed by atoms with van der Waals surface area (Å²) in [4.78, 5) is 20.8. The SMILES string of the molecule is O=C(Nc1n[nH]c(-c2ccccn2)n1)c1ccc(C2SCCS2)cc1. The summed E-state index contributed by atoms with van der Waals surface area (Å²) < 4.78 is 0.478. The van der Waals surface area contributed by atoms with Gasteiger partial charge in [-0.25, -0.2) is 0 Å². The minimum atomic E-state index is -0.232. The Kier molecular flexibility index (Phi) is 4.71. The Labute approximate surface area is 153 Å². The van der Waals surface area contributed by atoms with Gasteiger partial charge in [0.05, 0.1) is 4.58 Å². The molecule has 2 aromatic heterocycles. The molecule has 1 aliphatic rings. The lowest BCUT2D eigenvalue weighted by Crippen LogP contribution is -2.13. The van der Waals surface area contributed by atoms with E-state index in [0.717, 1.165) is 0 Å². The third kappa shape index (κ3) is 3.69. The van der Waals surface area contributed by atoms with E-state index in [1.54, 1.807) is 6.20 Å². The van der Waals surface area contributed by atoms with Crippen molar-refractivity contribution in [3.8, 4) is 11.5 Å². The van der Waals surface area contributed by atoms with Crippen molar-refractivity contribution < 1.29 is 4.79 Å².